The van der Waals surface area contributed by atoms with Gasteiger partial charge in [-0.15, -0.1) is 0 Å². The Kier molecular flexibility index (Phi) is 5.02. The lowest BCUT2D eigenvalue weighted by Gasteiger charge is -2.34. The minimum atomic E-state index is -3.23. The van der Waals surface area contributed by atoms with Gasteiger partial charge in [0, 0.05) is 32.2 Å². The van der Waals surface area contributed by atoms with E-state index in [1.54, 1.807) is 17.9 Å². The SMILES string of the molecule is CC(Oc1cccc(F)c1)C(=O)N1CCN(S(C)(=O)=O)CC1. The van der Waals surface area contributed by atoms with Crippen molar-refractivity contribution in [2.45, 2.75) is 13.0 Å². The number of halogens is 1. The van der Waals surface area contributed by atoms with Gasteiger partial charge < -0.3 is 9.64 Å². The molecule has 1 aliphatic heterocycles. The van der Waals surface area contributed by atoms with Crippen LogP contribution in [0, 0.1) is 5.82 Å². The number of amides is 1. The zero-order valence-electron chi connectivity index (χ0n) is 12.5. The zero-order chi connectivity index (χ0) is 16.3. The summed E-state index contributed by atoms with van der Waals surface area (Å²) in [6.07, 6.45) is 0.395. The van der Waals surface area contributed by atoms with Crippen LogP contribution in [-0.2, 0) is 14.8 Å². The van der Waals surface area contributed by atoms with E-state index >= 15 is 0 Å². The number of ether oxygens (including phenoxy) is 1. The van der Waals surface area contributed by atoms with Crippen LogP contribution in [0.2, 0.25) is 0 Å². The fraction of sp³-hybridized carbons (Fsp3) is 0.500. The summed E-state index contributed by atoms with van der Waals surface area (Å²) in [5.41, 5.74) is 0. The highest BCUT2D eigenvalue weighted by Gasteiger charge is 2.29. The van der Waals surface area contributed by atoms with E-state index in [9.17, 15) is 17.6 Å². The number of piperazine rings is 1. The average molecular weight is 330 g/mol. The van der Waals surface area contributed by atoms with Crippen molar-refractivity contribution in [3.05, 3.63) is 30.1 Å². The van der Waals surface area contributed by atoms with E-state index in [1.165, 1.54) is 22.5 Å². The Morgan fingerprint density at radius 2 is 1.91 bits per heavy atom. The number of benzene rings is 1. The maximum absolute atomic E-state index is 13.1. The maximum atomic E-state index is 13.1. The van der Waals surface area contributed by atoms with Gasteiger partial charge >= 0.3 is 0 Å². The number of rotatable bonds is 4. The molecule has 1 amide bonds. The molecule has 1 aromatic rings. The number of carbonyl (C=O) groups is 1. The van der Waals surface area contributed by atoms with Gasteiger partial charge in [-0.3, -0.25) is 4.79 Å². The number of hydrogen-bond donors (Lipinski definition) is 0. The topological polar surface area (TPSA) is 66.9 Å². The Balaban J connectivity index is 1.92. The van der Waals surface area contributed by atoms with E-state index in [0.29, 0.717) is 13.1 Å². The second-order valence-electron chi connectivity index (χ2n) is 5.20. The van der Waals surface area contributed by atoms with E-state index in [4.69, 9.17) is 4.74 Å². The van der Waals surface area contributed by atoms with Crippen molar-refractivity contribution in [2.75, 3.05) is 32.4 Å². The number of sulfonamides is 1. The number of nitrogens with zero attached hydrogens (tertiary/aromatic N) is 2. The van der Waals surface area contributed by atoms with E-state index in [-0.39, 0.29) is 24.7 Å². The monoisotopic (exact) mass is 330 g/mol. The Morgan fingerprint density at radius 1 is 1.27 bits per heavy atom. The van der Waals surface area contributed by atoms with Crippen molar-refractivity contribution in [1.82, 2.24) is 9.21 Å². The first-order chi connectivity index (χ1) is 10.3. The fourth-order valence-electron chi connectivity index (χ4n) is 2.29. The van der Waals surface area contributed by atoms with Crippen LogP contribution in [-0.4, -0.2) is 62.1 Å². The maximum Gasteiger partial charge on any atom is 0.263 e. The molecule has 0 aromatic heterocycles. The Bertz CT molecular complexity index is 642. The van der Waals surface area contributed by atoms with E-state index in [2.05, 4.69) is 0 Å². The molecule has 122 valence electrons. The standard InChI is InChI=1S/C14H19FN2O4S/c1-11(21-13-5-3-4-12(15)10-13)14(18)16-6-8-17(9-7-16)22(2,19)20/h3-5,10-11H,6-9H2,1-2H3. The van der Waals surface area contributed by atoms with Gasteiger partial charge in [-0.2, -0.15) is 4.31 Å². The van der Waals surface area contributed by atoms with Crippen LogP contribution in [0.3, 0.4) is 0 Å². The molecule has 22 heavy (non-hydrogen) atoms. The molecule has 0 aliphatic carbocycles. The molecule has 8 heteroatoms. The molecule has 1 saturated heterocycles. The van der Waals surface area contributed by atoms with Crippen LogP contribution in [0.4, 0.5) is 4.39 Å². The lowest BCUT2D eigenvalue weighted by Crippen LogP contribution is -2.53. The smallest absolute Gasteiger partial charge is 0.263 e. The summed E-state index contributed by atoms with van der Waals surface area (Å²) in [7, 11) is -3.23. The minimum Gasteiger partial charge on any atom is -0.481 e. The van der Waals surface area contributed by atoms with Gasteiger partial charge in [0.25, 0.3) is 5.91 Å². The average Bonchev–Trinajstić information content (AvgIpc) is 2.45. The molecule has 1 fully saturated rings. The fourth-order valence-corrected chi connectivity index (χ4v) is 3.12. The molecule has 1 aliphatic rings. The van der Waals surface area contributed by atoms with E-state index < -0.39 is 21.9 Å². The lowest BCUT2D eigenvalue weighted by molar-refractivity contribution is -0.139. The molecular formula is C14H19FN2O4S. The third kappa shape index (κ3) is 4.17. The van der Waals surface area contributed by atoms with Gasteiger partial charge in [-0.1, -0.05) is 6.07 Å². The van der Waals surface area contributed by atoms with Gasteiger partial charge in [-0.05, 0) is 19.1 Å². The first-order valence-electron chi connectivity index (χ1n) is 6.93. The molecule has 0 N–H and O–H groups in total. The Morgan fingerprint density at radius 3 is 2.45 bits per heavy atom. The van der Waals surface area contributed by atoms with Crippen LogP contribution in [0.25, 0.3) is 0 Å². The van der Waals surface area contributed by atoms with Crippen molar-refractivity contribution in [3.8, 4) is 5.75 Å². The van der Waals surface area contributed by atoms with Crippen molar-refractivity contribution >= 4 is 15.9 Å². The van der Waals surface area contributed by atoms with Crippen LogP contribution in [0.15, 0.2) is 24.3 Å². The summed E-state index contributed by atoms with van der Waals surface area (Å²) in [6, 6.07) is 5.59. The largest absolute Gasteiger partial charge is 0.481 e. The summed E-state index contributed by atoms with van der Waals surface area (Å²) in [4.78, 5) is 13.8. The van der Waals surface area contributed by atoms with Crippen LogP contribution >= 0.6 is 0 Å². The van der Waals surface area contributed by atoms with Crippen molar-refractivity contribution in [2.24, 2.45) is 0 Å². The van der Waals surface area contributed by atoms with Crippen molar-refractivity contribution < 1.29 is 22.3 Å². The Labute approximate surface area is 129 Å². The molecule has 2 rings (SSSR count). The molecule has 1 atom stereocenters. The first kappa shape index (κ1) is 16.7. The molecule has 0 bridgehead atoms. The minimum absolute atomic E-state index is 0.239. The molecule has 1 unspecified atom stereocenters. The molecule has 0 saturated carbocycles. The second-order valence-corrected chi connectivity index (χ2v) is 7.19. The third-order valence-corrected chi connectivity index (χ3v) is 4.78. The van der Waals surface area contributed by atoms with Crippen LogP contribution < -0.4 is 4.74 Å². The van der Waals surface area contributed by atoms with Gasteiger partial charge in [0.2, 0.25) is 10.0 Å². The predicted octanol–water partition coefficient (Wildman–Crippen LogP) is 0.697. The van der Waals surface area contributed by atoms with Crippen LogP contribution in [0.1, 0.15) is 6.92 Å². The molecular weight excluding hydrogens is 311 g/mol. The van der Waals surface area contributed by atoms with Gasteiger partial charge in [0.1, 0.15) is 11.6 Å². The van der Waals surface area contributed by atoms with Crippen molar-refractivity contribution in [1.29, 1.82) is 0 Å². The molecule has 0 radical (unpaired) electrons. The predicted molar refractivity (Wildman–Crippen MR) is 79.5 cm³/mol. The normalized spacial score (nSPS) is 18.0. The molecule has 1 aromatic carbocycles. The second kappa shape index (κ2) is 6.62. The van der Waals surface area contributed by atoms with E-state index in [1.807, 2.05) is 0 Å². The summed E-state index contributed by atoms with van der Waals surface area (Å²) < 4.78 is 42.7. The molecule has 1 heterocycles. The molecule has 0 spiro atoms. The highest BCUT2D eigenvalue weighted by molar-refractivity contribution is 7.88. The van der Waals surface area contributed by atoms with Gasteiger partial charge in [0.05, 0.1) is 6.26 Å². The Hall–Kier alpha value is -1.67. The first-order valence-corrected chi connectivity index (χ1v) is 8.78. The third-order valence-electron chi connectivity index (χ3n) is 3.48. The summed E-state index contributed by atoms with van der Waals surface area (Å²) in [6.45, 7) is 2.79. The summed E-state index contributed by atoms with van der Waals surface area (Å²) >= 11 is 0. The zero-order valence-corrected chi connectivity index (χ0v) is 13.3. The van der Waals surface area contributed by atoms with Crippen LogP contribution in [0.5, 0.6) is 5.75 Å². The highest BCUT2D eigenvalue weighted by atomic mass is 32.2. The number of hydrogen-bond acceptors (Lipinski definition) is 4. The van der Waals surface area contributed by atoms with Gasteiger partial charge in [-0.25, -0.2) is 12.8 Å². The summed E-state index contributed by atoms with van der Waals surface area (Å²) in [5, 5.41) is 0. The molecule has 6 nitrogen and oxygen atoms in total. The number of carbonyl (C=O) groups excluding carboxylic acids is 1. The van der Waals surface area contributed by atoms with Crippen molar-refractivity contribution in [3.63, 3.8) is 0 Å². The highest BCUT2D eigenvalue weighted by Crippen LogP contribution is 2.15. The van der Waals surface area contributed by atoms with E-state index in [0.717, 1.165) is 6.26 Å². The quantitative estimate of drug-likeness (QED) is 0.815. The lowest BCUT2D eigenvalue weighted by atomic mass is 10.2. The summed E-state index contributed by atoms with van der Waals surface area (Å²) in [5.74, 6) is -0.382. The van der Waals surface area contributed by atoms with Gasteiger partial charge in [0.15, 0.2) is 6.10 Å².